The topological polar surface area (TPSA) is 73.2 Å². The largest absolute Gasteiger partial charge is 0.383 e. The van der Waals surface area contributed by atoms with Gasteiger partial charge in [-0.15, -0.1) is 0 Å². The molecule has 148 valence electrons. The summed E-state index contributed by atoms with van der Waals surface area (Å²) in [5.41, 5.74) is 1.94. The highest BCUT2D eigenvalue weighted by Crippen LogP contribution is 2.34. The van der Waals surface area contributed by atoms with Gasteiger partial charge in [0.05, 0.1) is 28.3 Å². The summed E-state index contributed by atoms with van der Waals surface area (Å²) >= 11 is 6.40. The van der Waals surface area contributed by atoms with Crippen LogP contribution in [0.25, 0.3) is 5.70 Å². The second kappa shape index (κ2) is 8.93. The molecular formula is C23H22ClN3O2. The summed E-state index contributed by atoms with van der Waals surface area (Å²) in [5, 5.41) is 13.1. The van der Waals surface area contributed by atoms with Gasteiger partial charge in [0, 0.05) is 25.2 Å². The molecule has 6 heteroatoms. The van der Waals surface area contributed by atoms with Crippen molar-refractivity contribution in [3.05, 3.63) is 75.8 Å². The highest BCUT2D eigenvalue weighted by Gasteiger charge is 2.37. The number of likely N-dealkylation sites (N-methyl/N-ethyl adjacent to an activating group) is 1. The Labute approximate surface area is 175 Å². The smallest absolute Gasteiger partial charge is 0.259 e. The van der Waals surface area contributed by atoms with E-state index < -0.39 is 5.92 Å². The Balaban J connectivity index is 2.22. The number of nitrogens with one attached hydrogen (secondary N) is 1. The maximum absolute atomic E-state index is 13.5. The number of amides is 1. The molecule has 0 fully saturated rings. The van der Waals surface area contributed by atoms with E-state index in [4.69, 9.17) is 11.6 Å². The fraction of sp³-hybridized carbons (Fsp3) is 0.261. The number of ketones is 1. The van der Waals surface area contributed by atoms with Gasteiger partial charge in [-0.05, 0) is 31.5 Å². The standard InChI is InChI=1S/C23H22ClN3O2/c1-3-27(4-2)23(29)20-21(19-16(13-25)11-8-12-18(19)24)26-14-17(22(20)28)15-9-6-5-7-10-15/h5-12,17,26H,3-4,14H2,1-2H3. The summed E-state index contributed by atoms with van der Waals surface area (Å²) in [6.07, 6.45) is 0. The SMILES string of the molecule is CCN(CC)C(=O)C1=C(c2c(Cl)cccc2C#N)NCC(c2ccccc2)C1=O. The van der Waals surface area contributed by atoms with Crippen LogP contribution in [-0.4, -0.2) is 36.2 Å². The number of carbonyl (C=O) groups excluding carboxylic acids is 2. The number of benzene rings is 2. The van der Waals surface area contributed by atoms with Gasteiger partial charge in [0.1, 0.15) is 5.57 Å². The molecule has 0 spiro atoms. The number of hydrogen-bond donors (Lipinski definition) is 1. The molecule has 1 N–H and O–H groups in total. The number of carbonyl (C=O) groups is 2. The first-order valence-electron chi connectivity index (χ1n) is 9.58. The molecule has 0 aliphatic carbocycles. The second-order valence-electron chi connectivity index (χ2n) is 6.71. The Morgan fingerprint density at radius 1 is 1.17 bits per heavy atom. The van der Waals surface area contributed by atoms with Crippen LogP contribution in [0.5, 0.6) is 0 Å². The number of hydrogen-bond acceptors (Lipinski definition) is 4. The van der Waals surface area contributed by atoms with E-state index in [9.17, 15) is 14.9 Å². The van der Waals surface area contributed by atoms with Crippen molar-refractivity contribution in [2.24, 2.45) is 0 Å². The third kappa shape index (κ3) is 3.90. The van der Waals surface area contributed by atoms with E-state index in [1.807, 2.05) is 44.2 Å². The van der Waals surface area contributed by atoms with Crippen LogP contribution in [0.2, 0.25) is 5.02 Å². The number of nitrogens with zero attached hydrogens (tertiary/aromatic N) is 2. The molecule has 0 saturated carbocycles. The van der Waals surface area contributed by atoms with Crippen LogP contribution in [0.4, 0.5) is 0 Å². The molecule has 29 heavy (non-hydrogen) atoms. The molecule has 1 atom stereocenters. The van der Waals surface area contributed by atoms with Crippen LogP contribution < -0.4 is 5.32 Å². The molecular weight excluding hydrogens is 386 g/mol. The highest BCUT2D eigenvalue weighted by molar-refractivity contribution is 6.34. The van der Waals surface area contributed by atoms with E-state index in [2.05, 4.69) is 11.4 Å². The van der Waals surface area contributed by atoms with Gasteiger partial charge in [-0.2, -0.15) is 5.26 Å². The minimum atomic E-state index is -0.484. The van der Waals surface area contributed by atoms with Gasteiger partial charge in [-0.3, -0.25) is 9.59 Å². The predicted octanol–water partition coefficient (Wildman–Crippen LogP) is 3.75. The number of Topliss-reactive ketones (excluding diaryl/α,β-unsaturated/α-hetero) is 1. The molecule has 3 rings (SSSR count). The third-order valence-electron chi connectivity index (χ3n) is 5.15. The maximum Gasteiger partial charge on any atom is 0.259 e. The summed E-state index contributed by atoms with van der Waals surface area (Å²) in [5.74, 6) is -1.10. The van der Waals surface area contributed by atoms with Gasteiger partial charge in [0.2, 0.25) is 0 Å². The number of rotatable bonds is 5. The van der Waals surface area contributed by atoms with Gasteiger partial charge in [0.15, 0.2) is 5.78 Å². The fourth-order valence-electron chi connectivity index (χ4n) is 3.60. The molecule has 1 aliphatic heterocycles. The van der Waals surface area contributed by atoms with Crippen LogP contribution in [0.3, 0.4) is 0 Å². The van der Waals surface area contributed by atoms with Gasteiger partial charge >= 0.3 is 0 Å². The predicted molar refractivity (Wildman–Crippen MR) is 113 cm³/mol. The zero-order valence-electron chi connectivity index (χ0n) is 16.4. The summed E-state index contributed by atoms with van der Waals surface area (Å²) in [6.45, 7) is 5.01. The number of nitriles is 1. The molecule has 0 radical (unpaired) electrons. The monoisotopic (exact) mass is 407 g/mol. The van der Waals surface area contributed by atoms with Gasteiger partial charge < -0.3 is 10.2 Å². The van der Waals surface area contributed by atoms with E-state index in [0.717, 1.165) is 5.56 Å². The molecule has 0 aromatic heterocycles. The van der Waals surface area contributed by atoms with E-state index in [1.54, 1.807) is 23.1 Å². The molecule has 0 saturated heterocycles. The summed E-state index contributed by atoms with van der Waals surface area (Å²) in [6, 6.07) is 16.5. The van der Waals surface area contributed by atoms with Crippen LogP contribution in [-0.2, 0) is 9.59 Å². The van der Waals surface area contributed by atoms with Crippen LogP contribution >= 0.6 is 11.6 Å². The molecule has 1 unspecified atom stereocenters. The Kier molecular flexibility index (Phi) is 6.36. The molecule has 1 aliphatic rings. The maximum atomic E-state index is 13.5. The molecule has 2 aromatic carbocycles. The lowest BCUT2D eigenvalue weighted by molar-refractivity contribution is -0.130. The lowest BCUT2D eigenvalue weighted by Crippen LogP contribution is -2.42. The van der Waals surface area contributed by atoms with E-state index >= 15 is 0 Å². The first-order valence-corrected chi connectivity index (χ1v) is 9.96. The minimum Gasteiger partial charge on any atom is -0.383 e. The second-order valence-corrected chi connectivity index (χ2v) is 7.12. The summed E-state index contributed by atoms with van der Waals surface area (Å²) in [7, 11) is 0. The minimum absolute atomic E-state index is 0.0541. The fourth-order valence-corrected chi connectivity index (χ4v) is 3.87. The van der Waals surface area contributed by atoms with Crippen molar-refractivity contribution in [3.63, 3.8) is 0 Å². The van der Waals surface area contributed by atoms with Crippen molar-refractivity contribution in [3.8, 4) is 6.07 Å². The quantitative estimate of drug-likeness (QED) is 0.766. The zero-order valence-corrected chi connectivity index (χ0v) is 17.2. The van der Waals surface area contributed by atoms with E-state index in [-0.39, 0.29) is 17.3 Å². The summed E-state index contributed by atoms with van der Waals surface area (Å²) in [4.78, 5) is 28.5. The van der Waals surface area contributed by atoms with Crippen molar-refractivity contribution in [1.29, 1.82) is 5.26 Å². The van der Waals surface area contributed by atoms with Crippen LogP contribution in [0.1, 0.15) is 36.5 Å². The zero-order chi connectivity index (χ0) is 21.0. The number of halogens is 1. The molecule has 1 heterocycles. The highest BCUT2D eigenvalue weighted by atomic mass is 35.5. The third-order valence-corrected chi connectivity index (χ3v) is 5.46. The molecule has 0 bridgehead atoms. The van der Waals surface area contributed by atoms with Crippen molar-refractivity contribution in [2.75, 3.05) is 19.6 Å². The Morgan fingerprint density at radius 2 is 1.86 bits per heavy atom. The lowest BCUT2D eigenvalue weighted by Gasteiger charge is -2.30. The van der Waals surface area contributed by atoms with Gasteiger partial charge in [-0.1, -0.05) is 48.0 Å². The van der Waals surface area contributed by atoms with Crippen LogP contribution in [0.15, 0.2) is 54.1 Å². The van der Waals surface area contributed by atoms with E-state index in [1.165, 1.54) is 0 Å². The first kappa shape index (κ1) is 20.6. The summed E-state index contributed by atoms with van der Waals surface area (Å²) < 4.78 is 0. The average Bonchev–Trinajstić information content (AvgIpc) is 2.74. The first-order chi connectivity index (χ1) is 14.0. The van der Waals surface area contributed by atoms with Crippen molar-refractivity contribution < 1.29 is 9.59 Å². The Morgan fingerprint density at radius 3 is 2.48 bits per heavy atom. The van der Waals surface area contributed by atoms with Crippen molar-refractivity contribution >= 4 is 29.0 Å². The Hall–Kier alpha value is -3.10. The van der Waals surface area contributed by atoms with Crippen LogP contribution in [0, 0.1) is 11.3 Å². The van der Waals surface area contributed by atoms with Crippen molar-refractivity contribution in [1.82, 2.24) is 10.2 Å². The van der Waals surface area contributed by atoms with Gasteiger partial charge in [-0.25, -0.2) is 0 Å². The van der Waals surface area contributed by atoms with E-state index in [0.29, 0.717) is 41.5 Å². The molecule has 5 nitrogen and oxygen atoms in total. The molecule has 1 amide bonds. The Bertz CT molecular complexity index is 1000. The normalized spacial score (nSPS) is 16.2. The van der Waals surface area contributed by atoms with Gasteiger partial charge in [0.25, 0.3) is 5.91 Å². The average molecular weight is 408 g/mol. The molecule has 2 aromatic rings. The lowest BCUT2D eigenvalue weighted by atomic mass is 9.84. The van der Waals surface area contributed by atoms with Crippen molar-refractivity contribution in [2.45, 2.75) is 19.8 Å².